The molecule has 0 saturated carbocycles. The molecule has 3 rings (SSSR count). The Hall–Kier alpha value is -1.20. The van der Waals surface area contributed by atoms with Crippen molar-refractivity contribution in [2.45, 2.75) is 25.4 Å². The molecule has 4 nitrogen and oxygen atoms in total. The number of imidazole rings is 1. The molecule has 16 heavy (non-hydrogen) atoms. The van der Waals surface area contributed by atoms with Gasteiger partial charge in [0.1, 0.15) is 10.8 Å². The van der Waals surface area contributed by atoms with Gasteiger partial charge in [0.2, 0.25) is 0 Å². The molecule has 0 amide bonds. The third kappa shape index (κ3) is 1.88. The van der Waals surface area contributed by atoms with Crippen molar-refractivity contribution in [2.75, 3.05) is 6.54 Å². The van der Waals surface area contributed by atoms with E-state index in [-0.39, 0.29) is 0 Å². The molecule has 0 aliphatic carbocycles. The fraction of sp³-hybridized carbons (Fsp3) is 0.455. The zero-order chi connectivity index (χ0) is 10.8. The van der Waals surface area contributed by atoms with E-state index in [4.69, 9.17) is 0 Å². The first-order valence-corrected chi connectivity index (χ1v) is 6.42. The average Bonchev–Trinajstić information content (AvgIpc) is 2.95. The normalized spacial score (nSPS) is 18.9. The third-order valence-electron chi connectivity index (χ3n) is 2.98. The van der Waals surface area contributed by atoms with Crippen molar-refractivity contribution in [3.05, 3.63) is 34.8 Å². The number of hydrogen-bond acceptors (Lipinski definition) is 4. The average molecular weight is 234 g/mol. The van der Waals surface area contributed by atoms with Crippen LogP contribution in [0.25, 0.3) is 0 Å². The smallest absolute Gasteiger partial charge is 0.109 e. The standard InChI is InChI=1S/C11H14N4S/c1-2-10-13-3-5-15(10)9(1)7-12-8-11-14-4-6-16-11/h3-6,9,12H,1-2,7-8H2/t9-/m0/s1. The summed E-state index contributed by atoms with van der Waals surface area (Å²) < 4.78 is 2.29. The van der Waals surface area contributed by atoms with Crippen LogP contribution in [-0.2, 0) is 13.0 Å². The third-order valence-corrected chi connectivity index (χ3v) is 3.76. The number of nitrogens with zero attached hydrogens (tertiary/aromatic N) is 3. The molecule has 1 N–H and O–H groups in total. The number of aromatic nitrogens is 3. The summed E-state index contributed by atoms with van der Waals surface area (Å²) in [5, 5.41) is 6.63. The van der Waals surface area contributed by atoms with Crippen molar-refractivity contribution in [1.29, 1.82) is 0 Å². The van der Waals surface area contributed by atoms with Gasteiger partial charge < -0.3 is 9.88 Å². The number of aryl methyl sites for hydroxylation is 1. The molecule has 0 bridgehead atoms. The molecule has 2 aromatic heterocycles. The van der Waals surface area contributed by atoms with Gasteiger partial charge in [-0.2, -0.15) is 0 Å². The molecule has 0 spiro atoms. The van der Waals surface area contributed by atoms with Crippen molar-refractivity contribution >= 4 is 11.3 Å². The number of thiazole rings is 1. The Morgan fingerprint density at radius 2 is 2.44 bits per heavy atom. The largest absolute Gasteiger partial charge is 0.331 e. The van der Waals surface area contributed by atoms with Gasteiger partial charge in [0.05, 0.1) is 0 Å². The van der Waals surface area contributed by atoms with E-state index in [0.717, 1.165) is 24.5 Å². The zero-order valence-corrected chi connectivity index (χ0v) is 9.78. The minimum absolute atomic E-state index is 0.567. The highest BCUT2D eigenvalue weighted by atomic mass is 32.1. The maximum Gasteiger partial charge on any atom is 0.109 e. The van der Waals surface area contributed by atoms with Gasteiger partial charge in [-0.05, 0) is 6.42 Å². The highest BCUT2D eigenvalue weighted by molar-refractivity contribution is 7.09. The molecule has 0 aromatic carbocycles. The molecule has 0 saturated heterocycles. The molecule has 5 heteroatoms. The summed E-state index contributed by atoms with van der Waals surface area (Å²) in [7, 11) is 0. The summed E-state index contributed by atoms with van der Waals surface area (Å²) in [4.78, 5) is 8.58. The number of fused-ring (bicyclic) bond motifs is 1. The summed E-state index contributed by atoms with van der Waals surface area (Å²) >= 11 is 1.70. The second kappa shape index (κ2) is 4.35. The highest BCUT2D eigenvalue weighted by Gasteiger charge is 2.21. The van der Waals surface area contributed by atoms with Gasteiger partial charge in [0.15, 0.2) is 0 Å². The second-order valence-electron chi connectivity index (χ2n) is 4.00. The van der Waals surface area contributed by atoms with Crippen LogP contribution in [0, 0.1) is 0 Å². The Balaban J connectivity index is 1.54. The fourth-order valence-electron chi connectivity index (χ4n) is 2.19. The van der Waals surface area contributed by atoms with E-state index in [2.05, 4.69) is 26.0 Å². The van der Waals surface area contributed by atoms with Crippen LogP contribution >= 0.6 is 11.3 Å². The van der Waals surface area contributed by atoms with Gasteiger partial charge in [-0.15, -0.1) is 11.3 Å². The first-order valence-electron chi connectivity index (χ1n) is 5.54. The Labute approximate surface area is 98.4 Å². The van der Waals surface area contributed by atoms with Gasteiger partial charge in [-0.25, -0.2) is 9.97 Å². The van der Waals surface area contributed by atoms with Crippen molar-refractivity contribution in [1.82, 2.24) is 19.9 Å². The van der Waals surface area contributed by atoms with Crippen molar-refractivity contribution in [3.8, 4) is 0 Å². The molecule has 3 heterocycles. The van der Waals surface area contributed by atoms with E-state index >= 15 is 0 Å². The van der Waals surface area contributed by atoms with Crippen LogP contribution in [0.4, 0.5) is 0 Å². The quantitative estimate of drug-likeness (QED) is 0.874. The van der Waals surface area contributed by atoms with E-state index in [1.54, 1.807) is 11.3 Å². The summed E-state index contributed by atoms with van der Waals surface area (Å²) in [6.45, 7) is 1.88. The van der Waals surface area contributed by atoms with Crippen molar-refractivity contribution in [2.24, 2.45) is 0 Å². The summed E-state index contributed by atoms with van der Waals surface area (Å²) in [5.74, 6) is 1.22. The molecule has 2 aromatic rings. The van der Waals surface area contributed by atoms with E-state index in [1.165, 1.54) is 12.2 Å². The molecule has 0 unspecified atom stereocenters. The predicted molar refractivity (Wildman–Crippen MR) is 63.4 cm³/mol. The SMILES string of the molecule is c1csc(CNC[C@@H]2CCc3nccn32)n1. The second-order valence-corrected chi connectivity index (χ2v) is 4.98. The molecular weight excluding hydrogens is 220 g/mol. The van der Waals surface area contributed by atoms with Crippen LogP contribution in [0.1, 0.15) is 23.3 Å². The zero-order valence-electron chi connectivity index (χ0n) is 8.97. The van der Waals surface area contributed by atoms with Gasteiger partial charge in [-0.1, -0.05) is 0 Å². The summed E-state index contributed by atoms with van der Waals surface area (Å²) in [6, 6.07) is 0.567. The lowest BCUT2D eigenvalue weighted by Gasteiger charge is -2.12. The summed E-state index contributed by atoms with van der Waals surface area (Å²) in [5.41, 5.74) is 0. The Morgan fingerprint density at radius 3 is 3.31 bits per heavy atom. The predicted octanol–water partition coefficient (Wildman–Crippen LogP) is 1.62. The molecule has 0 radical (unpaired) electrons. The molecule has 0 fully saturated rings. The van der Waals surface area contributed by atoms with Crippen LogP contribution in [0.3, 0.4) is 0 Å². The van der Waals surface area contributed by atoms with Crippen LogP contribution in [0.2, 0.25) is 0 Å². The lowest BCUT2D eigenvalue weighted by Crippen LogP contribution is -2.22. The Bertz CT molecular complexity index is 448. The number of rotatable bonds is 4. The summed E-state index contributed by atoms with van der Waals surface area (Å²) in [6.07, 6.45) is 8.14. The van der Waals surface area contributed by atoms with Gasteiger partial charge in [0.25, 0.3) is 0 Å². The Morgan fingerprint density at radius 1 is 1.44 bits per heavy atom. The van der Waals surface area contributed by atoms with Crippen molar-refractivity contribution in [3.63, 3.8) is 0 Å². The molecule has 1 aliphatic rings. The maximum absolute atomic E-state index is 4.33. The number of hydrogen-bond donors (Lipinski definition) is 1. The molecule has 1 atom stereocenters. The first kappa shape index (κ1) is 9.99. The van der Waals surface area contributed by atoms with Crippen LogP contribution in [0.5, 0.6) is 0 Å². The fourth-order valence-corrected chi connectivity index (χ4v) is 2.78. The molecule has 84 valence electrons. The van der Waals surface area contributed by atoms with Crippen LogP contribution in [0.15, 0.2) is 24.0 Å². The van der Waals surface area contributed by atoms with Gasteiger partial charge in [-0.3, -0.25) is 0 Å². The highest BCUT2D eigenvalue weighted by Crippen LogP contribution is 2.23. The van der Waals surface area contributed by atoms with E-state index in [9.17, 15) is 0 Å². The van der Waals surface area contributed by atoms with E-state index in [0.29, 0.717) is 6.04 Å². The Kier molecular flexibility index (Phi) is 2.71. The number of nitrogens with one attached hydrogen (secondary N) is 1. The first-order chi connectivity index (χ1) is 7.93. The van der Waals surface area contributed by atoms with E-state index < -0.39 is 0 Å². The van der Waals surface area contributed by atoms with E-state index in [1.807, 2.05) is 17.8 Å². The van der Waals surface area contributed by atoms with Crippen molar-refractivity contribution < 1.29 is 0 Å². The van der Waals surface area contributed by atoms with Crippen LogP contribution < -0.4 is 5.32 Å². The van der Waals surface area contributed by atoms with Gasteiger partial charge >= 0.3 is 0 Å². The van der Waals surface area contributed by atoms with Crippen LogP contribution in [-0.4, -0.2) is 21.1 Å². The van der Waals surface area contributed by atoms with Gasteiger partial charge in [0, 0.05) is 49.5 Å². The maximum atomic E-state index is 4.33. The lowest BCUT2D eigenvalue weighted by molar-refractivity contribution is 0.478. The molecular formula is C11H14N4S. The molecule has 1 aliphatic heterocycles. The topological polar surface area (TPSA) is 42.7 Å². The lowest BCUT2D eigenvalue weighted by atomic mass is 10.2. The minimum atomic E-state index is 0.567. The monoisotopic (exact) mass is 234 g/mol. The minimum Gasteiger partial charge on any atom is -0.331 e.